The van der Waals surface area contributed by atoms with Crippen LogP contribution in [0.3, 0.4) is 0 Å². The molecule has 1 saturated carbocycles. The van der Waals surface area contributed by atoms with Crippen molar-refractivity contribution < 1.29 is 33.6 Å². The van der Waals surface area contributed by atoms with Gasteiger partial charge >= 0.3 is 0 Å². The van der Waals surface area contributed by atoms with Crippen molar-refractivity contribution in [3.05, 3.63) is 57.8 Å². The minimum absolute atomic E-state index is 0.0180. The summed E-state index contributed by atoms with van der Waals surface area (Å²) in [6, 6.07) is 6.89. The third-order valence-corrected chi connectivity index (χ3v) is 6.99. The molecule has 39 heavy (non-hydrogen) atoms. The third-order valence-electron chi connectivity index (χ3n) is 6.99. The van der Waals surface area contributed by atoms with Crippen molar-refractivity contribution in [1.29, 1.82) is 0 Å². The van der Waals surface area contributed by atoms with Crippen molar-refractivity contribution in [3.63, 3.8) is 0 Å². The maximum Gasteiger partial charge on any atom is 0.287 e. The first-order valence-electron chi connectivity index (χ1n) is 12.8. The largest absolute Gasteiger partial charge is 0.490 e. The summed E-state index contributed by atoms with van der Waals surface area (Å²) in [6.07, 6.45) is 4.63. The van der Waals surface area contributed by atoms with Crippen molar-refractivity contribution in [3.8, 4) is 11.6 Å². The molecule has 2 aromatic rings. The normalized spacial score (nSPS) is 22.3. The molecule has 3 heterocycles. The summed E-state index contributed by atoms with van der Waals surface area (Å²) in [6.45, 7) is 1.27. The molecule has 13 nitrogen and oxygen atoms in total. The van der Waals surface area contributed by atoms with Crippen molar-refractivity contribution in [2.75, 3.05) is 13.2 Å². The molecule has 1 saturated heterocycles. The van der Waals surface area contributed by atoms with Crippen LogP contribution in [0.5, 0.6) is 11.6 Å². The molecular formula is C26H27N5O8. The standard InChI is InChI=1S/C26H27N5O8/c32-22-7-6-21(24(33)29-22)30-25(34)19-5-4-17(13-20(19)26(30)35)39-18-11-15(12-18)27-9-1-2-10-38-23-8-3-16(14-28-23)31(36)37/h3-5,8,13-15,18,21,27H,1-2,6-7,9-12H2,(H,29,32,33)/t15-,18-,21?. The summed E-state index contributed by atoms with van der Waals surface area (Å²) in [5, 5.41) is 16.3. The molecule has 1 atom stereocenters. The quantitative estimate of drug-likeness (QED) is 0.186. The van der Waals surface area contributed by atoms with Gasteiger partial charge in [-0.05, 0) is 56.8 Å². The fourth-order valence-corrected chi connectivity index (χ4v) is 4.82. The van der Waals surface area contributed by atoms with Crippen LogP contribution in [0.4, 0.5) is 5.69 Å². The van der Waals surface area contributed by atoms with Crippen LogP contribution in [0, 0.1) is 10.1 Å². The maximum atomic E-state index is 13.0. The lowest BCUT2D eigenvalue weighted by Gasteiger charge is -2.36. The topological polar surface area (TPSA) is 170 Å². The smallest absolute Gasteiger partial charge is 0.287 e. The van der Waals surface area contributed by atoms with Gasteiger partial charge in [-0.3, -0.25) is 39.5 Å². The van der Waals surface area contributed by atoms with Gasteiger partial charge in [0.25, 0.3) is 17.5 Å². The molecular weight excluding hydrogens is 510 g/mol. The van der Waals surface area contributed by atoms with Crippen LogP contribution < -0.4 is 20.1 Å². The molecule has 0 spiro atoms. The Morgan fingerprint density at radius 2 is 1.87 bits per heavy atom. The second-order valence-corrected chi connectivity index (χ2v) is 9.68. The Hall–Kier alpha value is -4.39. The molecule has 204 valence electrons. The number of nitro groups is 1. The number of piperidine rings is 1. The van der Waals surface area contributed by atoms with E-state index in [1.807, 2.05) is 0 Å². The average Bonchev–Trinajstić information content (AvgIpc) is 3.13. The average molecular weight is 538 g/mol. The van der Waals surface area contributed by atoms with E-state index < -0.39 is 34.6 Å². The highest BCUT2D eigenvalue weighted by molar-refractivity contribution is 6.23. The molecule has 0 radical (unpaired) electrons. The van der Waals surface area contributed by atoms with Crippen molar-refractivity contribution >= 4 is 29.3 Å². The number of imide groups is 2. The number of carbonyl (C=O) groups excluding carboxylic acids is 4. The van der Waals surface area contributed by atoms with E-state index in [4.69, 9.17) is 9.47 Å². The second kappa shape index (κ2) is 11.2. The number of pyridine rings is 1. The van der Waals surface area contributed by atoms with Gasteiger partial charge in [0.2, 0.25) is 17.7 Å². The van der Waals surface area contributed by atoms with Gasteiger partial charge in [-0.2, -0.15) is 0 Å². The number of nitrogens with zero attached hydrogens (tertiary/aromatic N) is 3. The van der Waals surface area contributed by atoms with E-state index in [-0.39, 0.29) is 35.8 Å². The molecule has 1 aromatic carbocycles. The Morgan fingerprint density at radius 1 is 1.08 bits per heavy atom. The van der Waals surface area contributed by atoms with Gasteiger partial charge in [0.15, 0.2) is 0 Å². The van der Waals surface area contributed by atoms with Gasteiger partial charge < -0.3 is 14.8 Å². The third kappa shape index (κ3) is 5.72. The zero-order valence-electron chi connectivity index (χ0n) is 21.0. The molecule has 1 aliphatic carbocycles. The van der Waals surface area contributed by atoms with E-state index in [0.29, 0.717) is 24.3 Å². The molecule has 0 bridgehead atoms. The van der Waals surface area contributed by atoms with Crippen LogP contribution in [-0.2, 0) is 9.59 Å². The maximum absolute atomic E-state index is 13.0. The summed E-state index contributed by atoms with van der Waals surface area (Å²) in [7, 11) is 0. The fourth-order valence-electron chi connectivity index (χ4n) is 4.82. The number of fused-ring (bicyclic) bond motifs is 1. The lowest BCUT2D eigenvalue weighted by Crippen LogP contribution is -2.54. The summed E-state index contributed by atoms with van der Waals surface area (Å²) in [4.78, 5) is 64.4. The van der Waals surface area contributed by atoms with E-state index in [1.165, 1.54) is 18.3 Å². The van der Waals surface area contributed by atoms with Gasteiger partial charge in [-0.1, -0.05) is 0 Å². The fraction of sp³-hybridized carbons (Fsp3) is 0.423. The van der Waals surface area contributed by atoms with Crippen LogP contribution in [0.2, 0.25) is 0 Å². The minimum Gasteiger partial charge on any atom is -0.490 e. The molecule has 2 fully saturated rings. The van der Waals surface area contributed by atoms with Crippen LogP contribution in [0.15, 0.2) is 36.5 Å². The number of carbonyl (C=O) groups is 4. The minimum atomic E-state index is -0.997. The van der Waals surface area contributed by atoms with Crippen molar-refractivity contribution in [2.24, 2.45) is 0 Å². The highest BCUT2D eigenvalue weighted by atomic mass is 16.6. The first kappa shape index (κ1) is 26.2. The second-order valence-electron chi connectivity index (χ2n) is 9.68. The van der Waals surface area contributed by atoms with Gasteiger partial charge in [-0.25, -0.2) is 4.98 Å². The van der Waals surface area contributed by atoms with Crippen molar-refractivity contribution in [1.82, 2.24) is 20.5 Å². The number of hydrogen-bond donors (Lipinski definition) is 2. The number of unbranched alkanes of at least 4 members (excludes halogenated alkanes) is 1. The summed E-state index contributed by atoms with van der Waals surface area (Å²) in [5.74, 6) is -1.31. The molecule has 1 aromatic heterocycles. The van der Waals surface area contributed by atoms with Crippen LogP contribution in [0.1, 0.15) is 59.2 Å². The molecule has 4 amide bonds. The number of rotatable bonds is 11. The number of nitrogens with one attached hydrogen (secondary N) is 2. The van der Waals surface area contributed by atoms with Crippen molar-refractivity contribution in [2.45, 2.75) is 56.7 Å². The van der Waals surface area contributed by atoms with Gasteiger partial charge in [0.1, 0.15) is 24.1 Å². The number of ether oxygens (including phenoxy) is 2. The SMILES string of the molecule is O=C1CCC(N2C(=O)c3ccc(O[C@H]4C[C@H](NCCCCOc5ccc([N+](=O)[O-])cn5)C4)cc3C2=O)C(=O)N1. The van der Waals surface area contributed by atoms with E-state index in [1.54, 1.807) is 18.2 Å². The summed E-state index contributed by atoms with van der Waals surface area (Å²) < 4.78 is 11.5. The number of amides is 4. The Kier molecular flexibility index (Phi) is 7.50. The number of aromatic nitrogens is 1. The van der Waals surface area contributed by atoms with Gasteiger partial charge in [0.05, 0.1) is 22.7 Å². The van der Waals surface area contributed by atoms with Crippen LogP contribution in [0.25, 0.3) is 0 Å². The van der Waals surface area contributed by atoms with Gasteiger partial charge in [0, 0.05) is 24.6 Å². The number of benzene rings is 1. The number of hydrogen-bond acceptors (Lipinski definition) is 10. The van der Waals surface area contributed by atoms with E-state index >= 15 is 0 Å². The predicted octanol–water partition coefficient (Wildman–Crippen LogP) is 1.75. The summed E-state index contributed by atoms with van der Waals surface area (Å²) in [5.41, 5.74) is 0.339. The molecule has 1 unspecified atom stereocenters. The van der Waals surface area contributed by atoms with E-state index in [9.17, 15) is 29.3 Å². The van der Waals surface area contributed by atoms with Gasteiger partial charge in [-0.15, -0.1) is 0 Å². The summed E-state index contributed by atoms with van der Waals surface area (Å²) >= 11 is 0. The lowest BCUT2D eigenvalue weighted by atomic mass is 9.89. The predicted molar refractivity (Wildman–Crippen MR) is 134 cm³/mol. The molecule has 2 N–H and O–H groups in total. The highest BCUT2D eigenvalue weighted by Gasteiger charge is 2.44. The highest BCUT2D eigenvalue weighted by Crippen LogP contribution is 2.32. The first-order valence-corrected chi connectivity index (χ1v) is 12.8. The Labute approximate surface area is 223 Å². The zero-order chi connectivity index (χ0) is 27.5. The Balaban J connectivity index is 1.02. The zero-order valence-corrected chi connectivity index (χ0v) is 21.0. The van der Waals surface area contributed by atoms with Crippen LogP contribution >= 0.6 is 0 Å². The first-order chi connectivity index (χ1) is 18.8. The lowest BCUT2D eigenvalue weighted by molar-refractivity contribution is -0.385. The van der Waals surface area contributed by atoms with Crippen LogP contribution in [-0.4, -0.2) is 69.8 Å². The molecule has 5 rings (SSSR count). The monoisotopic (exact) mass is 537 g/mol. The van der Waals surface area contributed by atoms with E-state index in [2.05, 4.69) is 15.6 Å². The molecule has 3 aliphatic rings. The van der Waals surface area contributed by atoms with E-state index in [0.717, 1.165) is 37.1 Å². The Bertz CT molecular complexity index is 1310. The molecule has 13 heteroatoms. The molecule has 2 aliphatic heterocycles. The Morgan fingerprint density at radius 3 is 2.59 bits per heavy atom.